The highest BCUT2D eigenvalue weighted by Crippen LogP contribution is 2.44. The van der Waals surface area contributed by atoms with Gasteiger partial charge in [0.2, 0.25) is 5.91 Å². The molecule has 8 heteroatoms. The second kappa shape index (κ2) is 7.85. The largest absolute Gasteiger partial charge is 0.481 e. The van der Waals surface area contributed by atoms with Gasteiger partial charge in [0.1, 0.15) is 23.2 Å². The van der Waals surface area contributed by atoms with Crippen LogP contribution in [0.25, 0.3) is 0 Å². The second-order valence-electron chi connectivity index (χ2n) is 7.98. The minimum atomic E-state index is -1.01. The predicted octanol–water partition coefficient (Wildman–Crippen LogP) is 2.29. The summed E-state index contributed by atoms with van der Waals surface area (Å²) in [5, 5.41) is 11.9. The molecule has 1 aromatic rings. The molecule has 1 unspecified atom stereocenters. The SMILES string of the molecule is CC(C)C(NC(=O)c1c(F)cccc1F)C(=O)N1C[C@H](C(=O)O)[C@@H](C2CC2)C1. The second-order valence-corrected chi connectivity index (χ2v) is 7.98. The minimum absolute atomic E-state index is 0.0858. The number of hydrogen-bond donors (Lipinski definition) is 2. The molecule has 1 saturated heterocycles. The van der Waals surface area contributed by atoms with E-state index >= 15 is 0 Å². The molecule has 1 saturated carbocycles. The van der Waals surface area contributed by atoms with E-state index in [1.54, 1.807) is 13.8 Å². The molecule has 1 aliphatic heterocycles. The molecule has 3 rings (SSSR count). The molecule has 0 aromatic heterocycles. The fourth-order valence-corrected chi connectivity index (χ4v) is 3.91. The zero-order chi connectivity index (χ0) is 20.6. The predicted molar refractivity (Wildman–Crippen MR) is 96.4 cm³/mol. The highest BCUT2D eigenvalue weighted by atomic mass is 19.1. The molecule has 1 aliphatic carbocycles. The molecule has 28 heavy (non-hydrogen) atoms. The van der Waals surface area contributed by atoms with E-state index in [0.29, 0.717) is 12.5 Å². The number of hydrogen-bond acceptors (Lipinski definition) is 3. The Morgan fingerprint density at radius 3 is 2.25 bits per heavy atom. The Hall–Kier alpha value is -2.51. The number of halogens is 2. The van der Waals surface area contributed by atoms with E-state index in [-0.39, 0.29) is 18.4 Å². The van der Waals surface area contributed by atoms with E-state index in [2.05, 4.69) is 5.32 Å². The highest BCUT2D eigenvalue weighted by Gasteiger charge is 2.48. The van der Waals surface area contributed by atoms with Gasteiger partial charge < -0.3 is 15.3 Å². The topological polar surface area (TPSA) is 86.7 Å². The lowest BCUT2D eigenvalue weighted by molar-refractivity contribution is -0.143. The van der Waals surface area contributed by atoms with Crippen LogP contribution in [0, 0.1) is 35.3 Å². The Morgan fingerprint density at radius 1 is 1.14 bits per heavy atom. The van der Waals surface area contributed by atoms with Crippen LogP contribution in [0.3, 0.4) is 0 Å². The maximum absolute atomic E-state index is 13.9. The normalized spacial score (nSPS) is 23.0. The third-order valence-corrected chi connectivity index (χ3v) is 5.63. The highest BCUT2D eigenvalue weighted by molar-refractivity contribution is 5.98. The fourth-order valence-electron chi connectivity index (χ4n) is 3.91. The number of nitrogens with zero attached hydrogens (tertiary/aromatic N) is 1. The van der Waals surface area contributed by atoms with Crippen molar-refractivity contribution in [2.75, 3.05) is 13.1 Å². The van der Waals surface area contributed by atoms with Gasteiger partial charge in [0.15, 0.2) is 0 Å². The van der Waals surface area contributed by atoms with Crippen LogP contribution in [-0.2, 0) is 9.59 Å². The van der Waals surface area contributed by atoms with Crippen molar-refractivity contribution >= 4 is 17.8 Å². The number of likely N-dealkylation sites (tertiary alicyclic amines) is 1. The number of nitrogens with one attached hydrogen (secondary N) is 1. The average Bonchev–Trinajstić information content (AvgIpc) is 3.36. The van der Waals surface area contributed by atoms with Crippen LogP contribution in [0.1, 0.15) is 37.0 Å². The molecule has 0 spiro atoms. The fraction of sp³-hybridized carbons (Fsp3) is 0.550. The van der Waals surface area contributed by atoms with Crippen molar-refractivity contribution in [2.45, 2.75) is 32.7 Å². The number of aliphatic carboxylic acids is 1. The summed E-state index contributed by atoms with van der Waals surface area (Å²) in [4.78, 5) is 38.5. The first-order valence-electron chi connectivity index (χ1n) is 9.47. The van der Waals surface area contributed by atoms with E-state index in [9.17, 15) is 28.3 Å². The van der Waals surface area contributed by atoms with Gasteiger partial charge in [0, 0.05) is 13.1 Å². The summed E-state index contributed by atoms with van der Waals surface area (Å²) in [6, 6.07) is 2.10. The summed E-state index contributed by atoms with van der Waals surface area (Å²) in [7, 11) is 0. The van der Waals surface area contributed by atoms with Gasteiger partial charge >= 0.3 is 5.97 Å². The van der Waals surface area contributed by atoms with Crippen molar-refractivity contribution in [3.8, 4) is 0 Å². The van der Waals surface area contributed by atoms with Crippen LogP contribution in [0.15, 0.2) is 18.2 Å². The molecule has 0 bridgehead atoms. The number of carbonyl (C=O) groups is 3. The molecule has 3 atom stereocenters. The van der Waals surface area contributed by atoms with Crippen LogP contribution in [0.5, 0.6) is 0 Å². The van der Waals surface area contributed by atoms with E-state index in [4.69, 9.17) is 0 Å². The summed E-state index contributed by atoms with van der Waals surface area (Å²) in [6.45, 7) is 3.84. The Morgan fingerprint density at radius 2 is 1.75 bits per heavy atom. The Balaban J connectivity index is 1.76. The summed E-state index contributed by atoms with van der Waals surface area (Å²) in [6.07, 6.45) is 1.93. The van der Waals surface area contributed by atoms with Crippen LogP contribution in [-0.4, -0.2) is 46.9 Å². The first kappa shape index (κ1) is 20.2. The summed E-state index contributed by atoms with van der Waals surface area (Å²) < 4.78 is 27.8. The monoisotopic (exact) mass is 394 g/mol. The summed E-state index contributed by atoms with van der Waals surface area (Å²) in [5.74, 6) is -5.09. The van der Waals surface area contributed by atoms with Crippen molar-refractivity contribution in [1.82, 2.24) is 10.2 Å². The van der Waals surface area contributed by atoms with Gasteiger partial charge in [-0.05, 0) is 42.7 Å². The molecule has 0 radical (unpaired) electrons. The Bertz CT molecular complexity index is 774. The van der Waals surface area contributed by atoms with Crippen molar-refractivity contribution in [2.24, 2.45) is 23.7 Å². The van der Waals surface area contributed by atoms with E-state index < -0.39 is 46.9 Å². The lowest BCUT2D eigenvalue weighted by atomic mass is 9.92. The maximum Gasteiger partial charge on any atom is 0.308 e. The first-order valence-corrected chi connectivity index (χ1v) is 9.47. The Labute approximate surface area is 161 Å². The van der Waals surface area contributed by atoms with Crippen LogP contribution < -0.4 is 5.32 Å². The lowest BCUT2D eigenvalue weighted by Crippen LogP contribution is -2.51. The average molecular weight is 394 g/mol. The molecule has 2 amide bonds. The lowest BCUT2D eigenvalue weighted by Gasteiger charge is -2.27. The van der Waals surface area contributed by atoms with Gasteiger partial charge in [0.25, 0.3) is 5.91 Å². The standard InChI is InChI=1S/C20H24F2N2O4/c1-10(2)17(23-18(25)16-14(21)4-3-5-15(16)22)19(26)24-8-12(11-6-7-11)13(9-24)20(27)28/h3-5,10-13,17H,6-9H2,1-2H3,(H,23,25)(H,27,28)/t12-,13+,17?/m1/s1. The number of carboxylic acid groups (broad SMARTS) is 1. The first-order chi connectivity index (χ1) is 13.2. The third-order valence-electron chi connectivity index (χ3n) is 5.63. The van der Waals surface area contributed by atoms with E-state index in [1.165, 1.54) is 4.90 Å². The molecule has 152 valence electrons. The molecule has 1 heterocycles. The molecular formula is C20H24F2N2O4. The third kappa shape index (κ3) is 4.00. The zero-order valence-corrected chi connectivity index (χ0v) is 15.8. The quantitative estimate of drug-likeness (QED) is 0.775. The minimum Gasteiger partial charge on any atom is -0.481 e. The van der Waals surface area contributed by atoms with Crippen LogP contribution in [0.2, 0.25) is 0 Å². The van der Waals surface area contributed by atoms with Gasteiger partial charge in [-0.2, -0.15) is 0 Å². The summed E-state index contributed by atoms with van der Waals surface area (Å²) >= 11 is 0. The van der Waals surface area contributed by atoms with Crippen molar-refractivity contribution in [1.29, 1.82) is 0 Å². The molecule has 2 N–H and O–H groups in total. The molecular weight excluding hydrogens is 370 g/mol. The van der Waals surface area contributed by atoms with Crippen molar-refractivity contribution < 1.29 is 28.3 Å². The van der Waals surface area contributed by atoms with Gasteiger partial charge in [-0.3, -0.25) is 14.4 Å². The number of benzene rings is 1. The van der Waals surface area contributed by atoms with E-state index in [0.717, 1.165) is 31.0 Å². The van der Waals surface area contributed by atoms with Crippen LogP contribution >= 0.6 is 0 Å². The zero-order valence-electron chi connectivity index (χ0n) is 15.8. The molecule has 2 fully saturated rings. The molecule has 6 nitrogen and oxygen atoms in total. The number of amides is 2. The van der Waals surface area contributed by atoms with E-state index in [1.807, 2.05) is 0 Å². The van der Waals surface area contributed by atoms with Gasteiger partial charge in [-0.25, -0.2) is 8.78 Å². The molecule has 2 aliphatic rings. The summed E-state index contributed by atoms with van der Waals surface area (Å²) in [5.41, 5.74) is -0.735. The van der Waals surface area contributed by atoms with Gasteiger partial charge in [0.05, 0.1) is 5.92 Å². The number of rotatable bonds is 6. The Kier molecular flexibility index (Phi) is 5.67. The van der Waals surface area contributed by atoms with Gasteiger partial charge in [-0.1, -0.05) is 19.9 Å². The smallest absolute Gasteiger partial charge is 0.308 e. The number of carboxylic acids is 1. The maximum atomic E-state index is 13.9. The van der Waals surface area contributed by atoms with Crippen molar-refractivity contribution in [3.05, 3.63) is 35.4 Å². The number of carbonyl (C=O) groups excluding carboxylic acids is 2. The molecule has 1 aromatic carbocycles. The van der Waals surface area contributed by atoms with Crippen LogP contribution in [0.4, 0.5) is 8.78 Å². The van der Waals surface area contributed by atoms with Gasteiger partial charge in [-0.15, -0.1) is 0 Å². The van der Waals surface area contributed by atoms with Crippen molar-refractivity contribution in [3.63, 3.8) is 0 Å².